The van der Waals surface area contributed by atoms with Gasteiger partial charge in [-0.1, -0.05) is 6.92 Å². The number of nitriles is 2. The van der Waals surface area contributed by atoms with E-state index in [2.05, 4.69) is 26.8 Å². The molecular weight excluding hydrogens is 390 g/mol. The molecule has 2 N–H and O–H groups in total. The molecule has 146 valence electrons. The number of anilines is 3. The van der Waals surface area contributed by atoms with Gasteiger partial charge in [0.2, 0.25) is 0 Å². The van der Waals surface area contributed by atoms with Crippen LogP contribution in [-0.2, 0) is 9.84 Å². The van der Waals surface area contributed by atoms with Crippen LogP contribution >= 0.6 is 0 Å². The quantitative estimate of drug-likeness (QED) is 0.636. The standard InChI is InChI=1S/C19H17N7O2S/c1-2-29(27,28)16-6-12(9-20)5-14(7-16)24-18-8-17(23-13-3-4-13)19-22-11-15(10-21)26(19)25-18/h5-8,11,13,23H,2-4H2,1H3,(H,24,25). The number of benzene rings is 1. The van der Waals surface area contributed by atoms with Crippen LogP contribution in [0.25, 0.3) is 5.65 Å². The molecule has 1 aromatic carbocycles. The first kappa shape index (κ1) is 18.7. The van der Waals surface area contributed by atoms with Gasteiger partial charge in [0, 0.05) is 17.8 Å². The van der Waals surface area contributed by atoms with Gasteiger partial charge in [0.05, 0.1) is 34.2 Å². The van der Waals surface area contributed by atoms with Crippen LogP contribution in [0.3, 0.4) is 0 Å². The SMILES string of the molecule is CCS(=O)(=O)c1cc(C#N)cc(Nc2cc(NC3CC3)c3ncc(C#N)n3n2)c1. The molecule has 3 aromatic rings. The van der Waals surface area contributed by atoms with Crippen LogP contribution < -0.4 is 10.6 Å². The lowest BCUT2D eigenvalue weighted by atomic mass is 10.2. The second-order valence-corrected chi connectivity index (χ2v) is 9.02. The van der Waals surface area contributed by atoms with Crippen LogP contribution in [0.4, 0.5) is 17.2 Å². The van der Waals surface area contributed by atoms with Crippen LogP contribution in [0, 0.1) is 22.7 Å². The molecule has 0 unspecified atom stereocenters. The van der Waals surface area contributed by atoms with Gasteiger partial charge in [0.1, 0.15) is 6.07 Å². The molecule has 2 aromatic heterocycles. The van der Waals surface area contributed by atoms with Crippen molar-refractivity contribution in [1.82, 2.24) is 14.6 Å². The summed E-state index contributed by atoms with van der Waals surface area (Å²) in [5.41, 5.74) is 2.18. The minimum atomic E-state index is -3.48. The smallest absolute Gasteiger partial charge is 0.178 e. The van der Waals surface area contributed by atoms with Gasteiger partial charge < -0.3 is 10.6 Å². The average molecular weight is 407 g/mol. The van der Waals surface area contributed by atoms with Gasteiger partial charge in [-0.15, -0.1) is 5.10 Å². The molecule has 1 fully saturated rings. The molecule has 0 radical (unpaired) electrons. The first-order valence-corrected chi connectivity index (χ1v) is 10.7. The molecule has 0 atom stereocenters. The highest BCUT2D eigenvalue weighted by Crippen LogP contribution is 2.30. The largest absolute Gasteiger partial charge is 0.379 e. The second-order valence-electron chi connectivity index (χ2n) is 6.74. The minimum Gasteiger partial charge on any atom is -0.379 e. The fourth-order valence-corrected chi connectivity index (χ4v) is 3.84. The molecule has 4 rings (SSSR count). The van der Waals surface area contributed by atoms with E-state index in [0.717, 1.165) is 18.5 Å². The molecule has 0 spiro atoms. The predicted molar refractivity (Wildman–Crippen MR) is 107 cm³/mol. The number of imidazole rings is 1. The average Bonchev–Trinajstić information content (AvgIpc) is 3.44. The summed E-state index contributed by atoms with van der Waals surface area (Å²) in [5.74, 6) is 0.326. The summed E-state index contributed by atoms with van der Waals surface area (Å²) in [6, 6.07) is 10.5. The van der Waals surface area contributed by atoms with Gasteiger partial charge in [0.15, 0.2) is 27.0 Å². The molecule has 1 saturated carbocycles. The number of rotatable bonds is 6. The van der Waals surface area contributed by atoms with Crippen LogP contribution in [0.1, 0.15) is 31.0 Å². The topological polar surface area (TPSA) is 136 Å². The second kappa shape index (κ2) is 7.08. The van der Waals surface area contributed by atoms with Crippen molar-refractivity contribution >= 4 is 32.7 Å². The summed E-state index contributed by atoms with van der Waals surface area (Å²) < 4.78 is 26.0. The summed E-state index contributed by atoms with van der Waals surface area (Å²) >= 11 is 0. The lowest BCUT2D eigenvalue weighted by Gasteiger charge is -2.12. The fraction of sp³-hybridized carbons (Fsp3) is 0.263. The molecule has 2 heterocycles. The van der Waals surface area contributed by atoms with E-state index in [0.29, 0.717) is 23.2 Å². The Labute approximate surface area is 167 Å². The van der Waals surface area contributed by atoms with Crippen molar-refractivity contribution in [3.8, 4) is 12.1 Å². The van der Waals surface area contributed by atoms with Crippen molar-refractivity contribution in [1.29, 1.82) is 10.5 Å². The maximum Gasteiger partial charge on any atom is 0.178 e. The molecule has 9 nitrogen and oxygen atoms in total. The van der Waals surface area contributed by atoms with Gasteiger partial charge in [0.25, 0.3) is 0 Å². The molecule has 1 aliphatic carbocycles. The third-order valence-corrected chi connectivity index (χ3v) is 6.28. The number of nitrogens with one attached hydrogen (secondary N) is 2. The Morgan fingerprint density at radius 3 is 2.66 bits per heavy atom. The first-order chi connectivity index (χ1) is 13.9. The zero-order chi connectivity index (χ0) is 20.6. The number of aromatic nitrogens is 3. The van der Waals surface area contributed by atoms with E-state index in [1.54, 1.807) is 19.1 Å². The Morgan fingerprint density at radius 2 is 2.00 bits per heavy atom. The number of fused-ring (bicyclic) bond motifs is 1. The third-order valence-electron chi connectivity index (χ3n) is 4.57. The van der Waals surface area contributed by atoms with Crippen molar-refractivity contribution in [3.05, 3.63) is 41.7 Å². The van der Waals surface area contributed by atoms with Crippen molar-refractivity contribution in [2.75, 3.05) is 16.4 Å². The zero-order valence-electron chi connectivity index (χ0n) is 15.5. The summed E-state index contributed by atoms with van der Waals surface area (Å²) in [5, 5.41) is 29.4. The third kappa shape index (κ3) is 3.71. The Bertz CT molecular complexity index is 1290. The van der Waals surface area contributed by atoms with E-state index in [1.165, 1.54) is 22.8 Å². The minimum absolute atomic E-state index is 0.0679. The number of nitrogens with zero attached hydrogens (tertiary/aromatic N) is 5. The maximum absolute atomic E-state index is 12.3. The van der Waals surface area contributed by atoms with E-state index in [9.17, 15) is 18.9 Å². The van der Waals surface area contributed by atoms with Crippen molar-refractivity contribution < 1.29 is 8.42 Å². The summed E-state index contributed by atoms with van der Waals surface area (Å²) in [4.78, 5) is 4.34. The zero-order valence-corrected chi connectivity index (χ0v) is 16.4. The Morgan fingerprint density at radius 1 is 1.21 bits per heavy atom. The Kier molecular flexibility index (Phi) is 4.57. The Hall–Kier alpha value is -3.63. The lowest BCUT2D eigenvalue weighted by Crippen LogP contribution is -2.08. The summed E-state index contributed by atoms with van der Waals surface area (Å²) in [7, 11) is -3.48. The predicted octanol–water partition coefficient (Wildman–Crippen LogP) is 2.58. The first-order valence-electron chi connectivity index (χ1n) is 9.04. The molecule has 0 amide bonds. The van der Waals surface area contributed by atoms with E-state index < -0.39 is 9.84 Å². The van der Waals surface area contributed by atoms with Gasteiger partial charge in [-0.25, -0.2) is 13.4 Å². The van der Waals surface area contributed by atoms with Crippen LogP contribution in [0.5, 0.6) is 0 Å². The van der Waals surface area contributed by atoms with E-state index in [4.69, 9.17) is 0 Å². The summed E-state index contributed by atoms with van der Waals surface area (Å²) in [6.45, 7) is 1.55. The van der Waals surface area contributed by atoms with Gasteiger partial charge in [-0.3, -0.25) is 0 Å². The van der Waals surface area contributed by atoms with Crippen LogP contribution in [-0.4, -0.2) is 34.8 Å². The highest BCUT2D eigenvalue weighted by atomic mass is 32.2. The maximum atomic E-state index is 12.3. The van der Waals surface area contributed by atoms with E-state index in [1.807, 2.05) is 6.07 Å². The highest BCUT2D eigenvalue weighted by Gasteiger charge is 2.23. The lowest BCUT2D eigenvalue weighted by molar-refractivity contribution is 0.597. The van der Waals surface area contributed by atoms with Gasteiger partial charge in [-0.05, 0) is 31.0 Å². The molecule has 0 bridgehead atoms. The van der Waals surface area contributed by atoms with Crippen LogP contribution in [0.15, 0.2) is 35.4 Å². The normalized spacial score (nSPS) is 13.6. The molecule has 0 aliphatic heterocycles. The number of hydrogen-bond donors (Lipinski definition) is 2. The monoisotopic (exact) mass is 407 g/mol. The summed E-state index contributed by atoms with van der Waals surface area (Å²) in [6.07, 6.45) is 3.57. The molecule has 10 heteroatoms. The number of sulfone groups is 1. The van der Waals surface area contributed by atoms with E-state index >= 15 is 0 Å². The molecule has 0 saturated heterocycles. The van der Waals surface area contributed by atoms with Crippen molar-refractivity contribution in [2.45, 2.75) is 30.7 Å². The van der Waals surface area contributed by atoms with Crippen molar-refractivity contribution in [3.63, 3.8) is 0 Å². The van der Waals surface area contributed by atoms with Gasteiger partial charge in [-0.2, -0.15) is 15.0 Å². The molecule has 1 aliphatic rings. The molecular formula is C19H17N7O2S. The van der Waals surface area contributed by atoms with Crippen molar-refractivity contribution in [2.24, 2.45) is 0 Å². The molecule has 29 heavy (non-hydrogen) atoms. The Balaban J connectivity index is 1.79. The fourth-order valence-electron chi connectivity index (χ4n) is 2.89. The highest BCUT2D eigenvalue weighted by molar-refractivity contribution is 7.91. The van der Waals surface area contributed by atoms with E-state index in [-0.39, 0.29) is 21.9 Å². The number of hydrogen-bond acceptors (Lipinski definition) is 8. The van der Waals surface area contributed by atoms with Gasteiger partial charge >= 0.3 is 0 Å². The van der Waals surface area contributed by atoms with Crippen LogP contribution in [0.2, 0.25) is 0 Å².